The molecule has 8 aromatic carbocycles. The smallest absolute Gasteiger partial charge is 0.349 e. The zero-order chi connectivity index (χ0) is 32.5. The Morgan fingerprint density at radius 3 is 1.12 bits per heavy atom. The average Bonchev–Trinajstić information content (AvgIpc) is 3.14. The molecular formula is C44H28N2O2Pt+2. The van der Waals surface area contributed by atoms with Crippen molar-refractivity contribution in [3.8, 4) is 0 Å². The van der Waals surface area contributed by atoms with Gasteiger partial charge in [0.2, 0.25) is 0 Å². The maximum absolute atomic E-state index is 14.8. The maximum atomic E-state index is 14.8. The van der Waals surface area contributed by atoms with Gasteiger partial charge in [-0.15, -0.1) is 35.0 Å². The number of nitrogens with zero attached hydrogens (tertiary/aromatic N) is 2. The van der Waals surface area contributed by atoms with E-state index in [4.69, 9.17) is 0 Å². The Kier molecular flexibility index (Phi) is 7.43. The molecule has 0 aliphatic carbocycles. The van der Waals surface area contributed by atoms with E-state index in [1.165, 1.54) is 0 Å². The van der Waals surface area contributed by atoms with Crippen LogP contribution in [0.5, 0.6) is 0 Å². The molecule has 0 unspecified atom stereocenters. The molecule has 1 heterocycles. The molecule has 1 aromatic heterocycles. The van der Waals surface area contributed by atoms with Crippen molar-refractivity contribution in [1.82, 2.24) is 9.13 Å². The van der Waals surface area contributed by atoms with Gasteiger partial charge in [0.15, 0.2) is 11.1 Å². The van der Waals surface area contributed by atoms with Crippen LogP contribution >= 0.6 is 0 Å². The van der Waals surface area contributed by atoms with Crippen LogP contribution in [-0.4, -0.2) is 9.13 Å². The van der Waals surface area contributed by atoms with Crippen molar-refractivity contribution >= 4 is 86.4 Å². The summed E-state index contributed by atoms with van der Waals surface area (Å²) in [6.45, 7) is 0. The predicted molar refractivity (Wildman–Crippen MR) is 201 cm³/mol. The largest absolute Gasteiger partial charge is 4.00 e. The number of aryl methyl sites for hydroxylation is 2. The molecule has 0 saturated heterocycles. The van der Waals surface area contributed by atoms with Crippen molar-refractivity contribution in [2.75, 3.05) is 0 Å². The molecule has 0 amide bonds. The van der Waals surface area contributed by atoms with E-state index in [-0.39, 0.29) is 32.2 Å². The van der Waals surface area contributed by atoms with Crippen LogP contribution in [0.4, 0.5) is 0 Å². The molecular weight excluding hydrogens is 784 g/mol. The molecule has 9 rings (SSSR count). The third kappa shape index (κ3) is 4.94. The van der Waals surface area contributed by atoms with Gasteiger partial charge in [0.25, 0.3) is 0 Å². The summed E-state index contributed by atoms with van der Waals surface area (Å²) < 4.78 is 3.43. The van der Waals surface area contributed by atoms with Crippen molar-refractivity contribution in [1.29, 1.82) is 0 Å². The molecule has 0 N–H and O–H groups in total. The van der Waals surface area contributed by atoms with E-state index in [2.05, 4.69) is 72.8 Å². The molecule has 0 radical (unpaired) electrons. The fourth-order valence-corrected chi connectivity index (χ4v) is 7.11. The summed E-state index contributed by atoms with van der Waals surface area (Å²) in [6, 6.07) is 51.6. The van der Waals surface area contributed by atoms with Gasteiger partial charge in [0.05, 0.1) is 0 Å². The van der Waals surface area contributed by atoms with Crippen molar-refractivity contribution in [2.45, 2.75) is 0 Å². The molecule has 9 aromatic rings. The molecule has 0 fully saturated rings. The SMILES string of the molecule is Cn1c(=O)c2[c-]c(cc3ccccc32)c2cc3ccccc3cc2n(C)c(=O)c2[c-]c(cc3ccccc32)c2cc3ccccc3cc21.[Pt+4]. The Hall–Kier alpha value is -5.57. The summed E-state index contributed by atoms with van der Waals surface area (Å²) in [5.41, 5.74) is 1.11. The van der Waals surface area contributed by atoms with Crippen LogP contribution in [0.1, 0.15) is 0 Å². The van der Waals surface area contributed by atoms with Gasteiger partial charge < -0.3 is 18.7 Å². The second kappa shape index (κ2) is 11.8. The molecule has 4 nitrogen and oxygen atoms in total. The molecule has 0 aliphatic heterocycles. The Balaban J connectivity index is 0.00000348. The van der Waals surface area contributed by atoms with Crippen LogP contribution in [0, 0.1) is 12.1 Å². The van der Waals surface area contributed by atoms with Gasteiger partial charge in [-0.1, -0.05) is 152 Å². The van der Waals surface area contributed by atoms with E-state index < -0.39 is 0 Å². The zero-order valence-electron chi connectivity index (χ0n) is 26.7. The minimum Gasteiger partial charge on any atom is -0.349 e. The standard InChI is InChI=1S/C44H28N2O2.Pt/c1-45-41-25-29-13-5-3-11-27(29)21-37(41)33-19-32-16-8-10-18-36(32)40(24-33)44(48)46(2)42-26-30-14-6-4-12-28(30)22-38(42)34-20-31-15-7-9-17-35(31)39(23-34)43(45)47;/h3-22,25-26H,1-2H3;/q-2;+4. The summed E-state index contributed by atoms with van der Waals surface area (Å²) in [6.07, 6.45) is 0. The van der Waals surface area contributed by atoms with Crippen molar-refractivity contribution in [2.24, 2.45) is 14.1 Å². The van der Waals surface area contributed by atoms with E-state index in [9.17, 15) is 9.59 Å². The number of rotatable bonds is 0. The first-order valence-electron chi connectivity index (χ1n) is 16.0. The molecule has 4 bridgehead atoms. The van der Waals surface area contributed by atoms with Crippen LogP contribution < -0.4 is 11.1 Å². The molecule has 0 saturated carbocycles. The fraction of sp³-hybridized carbons (Fsp3) is 0.0455. The van der Waals surface area contributed by atoms with E-state index in [0.717, 1.165) is 75.7 Å². The van der Waals surface area contributed by atoms with Crippen molar-refractivity contribution in [3.63, 3.8) is 0 Å². The average molecular weight is 812 g/mol. The van der Waals surface area contributed by atoms with Crippen LogP contribution in [0.3, 0.4) is 0 Å². The minimum atomic E-state index is -0.172. The van der Waals surface area contributed by atoms with Crippen molar-refractivity contribution < 1.29 is 21.1 Å². The van der Waals surface area contributed by atoms with E-state index in [1.807, 2.05) is 86.9 Å². The normalized spacial score (nSPS) is 11.5. The molecule has 0 atom stereocenters. The summed E-state index contributed by atoms with van der Waals surface area (Å²) in [7, 11) is 3.64. The Morgan fingerprint density at radius 1 is 0.408 bits per heavy atom. The Morgan fingerprint density at radius 2 is 0.735 bits per heavy atom. The van der Waals surface area contributed by atoms with E-state index >= 15 is 0 Å². The predicted octanol–water partition coefficient (Wildman–Crippen LogP) is 9.59. The first kappa shape index (κ1) is 30.7. The van der Waals surface area contributed by atoms with Gasteiger partial charge in [0, 0.05) is 25.1 Å². The van der Waals surface area contributed by atoms with Gasteiger partial charge >= 0.3 is 21.1 Å². The topological polar surface area (TPSA) is 44.0 Å². The first-order valence-corrected chi connectivity index (χ1v) is 16.0. The summed E-state index contributed by atoms with van der Waals surface area (Å²) in [5.74, 6) is 0. The second-order valence-electron chi connectivity index (χ2n) is 12.5. The van der Waals surface area contributed by atoms with Crippen molar-refractivity contribution in [3.05, 3.63) is 166 Å². The van der Waals surface area contributed by atoms with Gasteiger partial charge in [-0.25, -0.2) is 0 Å². The minimum absolute atomic E-state index is 0. The summed E-state index contributed by atoms with van der Waals surface area (Å²) in [4.78, 5) is 29.6. The number of fused-ring (bicyclic) bond motifs is 14. The third-order valence-corrected chi connectivity index (χ3v) is 9.65. The molecule has 49 heavy (non-hydrogen) atoms. The van der Waals surface area contributed by atoms with Crippen LogP contribution in [0.2, 0.25) is 0 Å². The second-order valence-corrected chi connectivity index (χ2v) is 12.5. The number of aromatic nitrogens is 2. The van der Waals surface area contributed by atoms with Crippen LogP contribution in [0.25, 0.3) is 86.4 Å². The maximum Gasteiger partial charge on any atom is 4.00 e. The Labute approximate surface area is 295 Å². The number of hydrogen-bond acceptors (Lipinski definition) is 2. The Bertz CT molecular complexity index is 2870. The van der Waals surface area contributed by atoms with Gasteiger partial charge in [0.1, 0.15) is 0 Å². The zero-order valence-corrected chi connectivity index (χ0v) is 29.0. The van der Waals surface area contributed by atoms with Crippen LogP contribution in [-0.2, 0) is 35.2 Å². The van der Waals surface area contributed by atoms with Gasteiger partial charge in [-0.2, -0.15) is 0 Å². The quantitative estimate of drug-likeness (QED) is 0.143. The van der Waals surface area contributed by atoms with Crippen LogP contribution in [0.15, 0.2) is 143 Å². The molecule has 5 heteroatoms. The monoisotopic (exact) mass is 811 g/mol. The fourth-order valence-electron chi connectivity index (χ4n) is 7.11. The molecule has 0 spiro atoms. The van der Waals surface area contributed by atoms with Gasteiger partial charge in [-0.3, -0.25) is 0 Å². The summed E-state index contributed by atoms with van der Waals surface area (Å²) in [5, 5.41) is 11.6. The van der Waals surface area contributed by atoms with E-state index in [0.29, 0.717) is 10.8 Å². The molecule has 0 aliphatic rings. The third-order valence-electron chi connectivity index (χ3n) is 9.65. The molecule has 234 valence electrons. The van der Waals surface area contributed by atoms with Gasteiger partial charge in [-0.05, 0) is 33.7 Å². The number of hydrogen-bond donors (Lipinski definition) is 0. The summed E-state index contributed by atoms with van der Waals surface area (Å²) >= 11 is 0. The number of benzene rings is 8. The van der Waals surface area contributed by atoms with E-state index in [1.54, 1.807) is 9.13 Å². The first-order chi connectivity index (χ1) is 23.4.